The van der Waals surface area contributed by atoms with Gasteiger partial charge < -0.3 is 14.8 Å². The molecule has 0 aliphatic rings. The molecule has 88 valence electrons. The number of hydrogen-bond acceptors (Lipinski definition) is 3. The minimum absolute atomic E-state index is 0.0552. The third-order valence-corrected chi connectivity index (χ3v) is 2.19. The Morgan fingerprint density at radius 3 is 2.81 bits per heavy atom. The van der Waals surface area contributed by atoms with Crippen LogP contribution < -0.4 is 5.32 Å². The second-order valence-corrected chi connectivity index (χ2v) is 3.53. The highest BCUT2D eigenvalue weighted by Crippen LogP contribution is 2.03. The van der Waals surface area contributed by atoms with Crippen LogP contribution in [0.5, 0.6) is 0 Å². The van der Waals surface area contributed by atoms with E-state index in [0.29, 0.717) is 12.2 Å². The first-order valence-corrected chi connectivity index (χ1v) is 5.15. The molecule has 0 saturated carbocycles. The molecular formula is C11H15NO4. The van der Waals surface area contributed by atoms with Gasteiger partial charge in [0.15, 0.2) is 0 Å². The number of carbonyl (C=O) groups is 2. The van der Waals surface area contributed by atoms with Crippen LogP contribution in [0.4, 0.5) is 0 Å². The number of amides is 1. The molecule has 1 unspecified atom stereocenters. The molecule has 0 spiro atoms. The molecule has 1 aromatic heterocycles. The summed E-state index contributed by atoms with van der Waals surface area (Å²) in [5.74, 6) is -0.559. The molecule has 1 heterocycles. The Hall–Kier alpha value is -1.78. The molecule has 0 radical (unpaired) electrons. The topological polar surface area (TPSA) is 79.5 Å². The van der Waals surface area contributed by atoms with E-state index in [2.05, 4.69) is 5.32 Å². The van der Waals surface area contributed by atoms with Crippen molar-refractivity contribution < 1.29 is 19.1 Å². The van der Waals surface area contributed by atoms with Crippen LogP contribution in [0.25, 0.3) is 0 Å². The summed E-state index contributed by atoms with van der Waals surface area (Å²) in [5.41, 5.74) is 0. The highest BCUT2D eigenvalue weighted by molar-refractivity contribution is 5.79. The SMILES string of the molecule is CCC(CC(=O)O)NC(=O)Cc1ccco1. The van der Waals surface area contributed by atoms with Crippen molar-refractivity contribution in [1.82, 2.24) is 5.32 Å². The number of furan rings is 1. The van der Waals surface area contributed by atoms with Crippen molar-refractivity contribution in [3.63, 3.8) is 0 Å². The summed E-state index contributed by atoms with van der Waals surface area (Å²) < 4.78 is 5.02. The monoisotopic (exact) mass is 225 g/mol. The Morgan fingerprint density at radius 1 is 1.56 bits per heavy atom. The maximum atomic E-state index is 11.5. The van der Waals surface area contributed by atoms with E-state index in [1.54, 1.807) is 12.1 Å². The van der Waals surface area contributed by atoms with Crippen LogP contribution in [0, 0.1) is 0 Å². The van der Waals surface area contributed by atoms with E-state index in [1.165, 1.54) is 6.26 Å². The van der Waals surface area contributed by atoms with Crippen molar-refractivity contribution in [2.75, 3.05) is 0 Å². The number of carboxylic acids is 1. The molecular weight excluding hydrogens is 210 g/mol. The van der Waals surface area contributed by atoms with E-state index in [9.17, 15) is 9.59 Å². The summed E-state index contributed by atoms with van der Waals surface area (Å²) in [7, 11) is 0. The van der Waals surface area contributed by atoms with E-state index in [4.69, 9.17) is 9.52 Å². The van der Waals surface area contributed by atoms with Gasteiger partial charge in [-0.1, -0.05) is 6.92 Å². The van der Waals surface area contributed by atoms with Crippen LogP contribution in [0.15, 0.2) is 22.8 Å². The fraction of sp³-hybridized carbons (Fsp3) is 0.455. The lowest BCUT2D eigenvalue weighted by Gasteiger charge is -2.13. The average molecular weight is 225 g/mol. The lowest BCUT2D eigenvalue weighted by molar-refractivity contribution is -0.137. The summed E-state index contributed by atoms with van der Waals surface area (Å²) in [6.45, 7) is 1.83. The highest BCUT2D eigenvalue weighted by atomic mass is 16.4. The zero-order valence-electron chi connectivity index (χ0n) is 9.10. The van der Waals surface area contributed by atoms with Crippen LogP contribution in [0.1, 0.15) is 25.5 Å². The van der Waals surface area contributed by atoms with Gasteiger partial charge in [-0.15, -0.1) is 0 Å². The second kappa shape index (κ2) is 5.95. The molecule has 2 N–H and O–H groups in total. The van der Waals surface area contributed by atoms with Gasteiger partial charge in [0.1, 0.15) is 5.76 Å². The van der Waals surface area contributed by atoms with Crippen molar-refractivity contribution in [3.8, 4) is 0 Å². The minimum Gasteiger partial charge on any atom is -0.481 e. The predicted molar refractivity (Wildman–Crippen MR) is 56.9 cm³/mol. The quantitative estimate of drug-likeness (QED) is 0.762. The van der Waals surface area contributed by atoms with Gasteiger partial charge in [-0.2, -0.15) is 0 Å². The lowest BCUT2D eigenvalue weighted by Crippen LogP contribution is -2.36. The molecule has 1 rings (SSSR count). The first-order valence-electron chi connectivity index (χ1n) is 5.15. The molecule has 0 aliphatic heterocycles. The average Bonchev–Trinajstić information content (AvgIpc) is 2.68. The van der Waals surface area contributed by atoms with Crippen LogP contribution in [-0.2, 0) is 16.0 Å². The van der Waals surface area contributed by atoms with Crippen LogP contribution in [-0.4, -0.2) is 23.0 Å². The predicted octanol–water partition coefficient (Wildman–Crippen LogP) is 1.19. The summed E-state index contributed by atoms with van der Waals surface area (Å²) in [4.78, 5) is 22.0. The Bertz CT molecular complexity index is 345. The molecule has 1 aromatic rings. The van der Waals surface area contributed by atoms with Crippen LogP contribution in [0.3, 0.4) is 0 Å². The highest BCUT2D eigenvalue weighted by Gasteiger charge is 2.14. The standard InChI is InChI=1S/C11H15NO4/c1-2-8(6-11(14)15)12-10(13)7-9-4-3-5-16-9/h3-5,8H,2,6-7H2,1H3,(H,12,13)(H,14,15). The maximum absolute atomic E-state index is 11.5. The molecule has 1 atom stereocenters. The fourth-order valence-corrected chi connectivity index (χ4v) is 1.36. The Kier molecular flexibility index (Phi) is 4.57. The molecule has 1 amide bonds. The molecule has 5 heteroatoms. The van der Waals surface area contributed by atoms with Gasteiger partial charge in [-0.05, 0) is 18.6 Å². The maximum Gasteiger partial charge on any atom is 0.305 e. The zero-order chi connectivity index (χ0) is 12.0. The molecule has 16 heavy (non-hydrogen) atoms. The molecule has 0 aromatic carbocycles. The van der Waals surface area contributed by atoms with E-state index in [0.717, 1.165) is 0 Å². The summed E-state index contributed by atoms with van der Waals surface area (Å²) >= 11 is 0. The smallest absolute Gasteiger partial charge is 0.305 e. The largest absolute Gasteiger partial charge is 0.481 e. The van der Waals surface area contributed by atoms with Gasteiger partial charge in [-0.3, -0.25) is 9.59 Å². The number of carbonyl (C=O) groups excluding carboxylic acids is 1. The number of nitrogens with one attached hydrogen (secondary N) is 1. The van der Waals surface area contributed by atoms with Gasteiger partial charge >= 0.3 is 5.97 Å². The van der Waals surface area contributed by atoms with Gasteiger partial charge in [0.25, 0.3) is 0 Å². The zero-order valence-corrected chi connectivity index (χ0v) is 9.10. The van der Waals surface area contributed by atoms with E-state index < -0.39 is 5.97 Å². The fourth-order valence-electron chi connectivity index (χ4n) is 1.36. The third-order valence-electron chi connectivity index (χ3n) is 2.19. The number of aliphatic carboxylic acids is 1. The van der Waals surface area contributed by atoms with Crippen molar-refractivity contribution in [2.24, 2.45) is 0 Å². The van der Waals surface area contributed by atoms with E-state index >= 15 is 0 Å². The molecule has 0 saturated heterocycles. The van der Waals surface area contributed by atoms with Crippen molar-refractivity contribution in [3.05, 3.63) is 24.2 Å². The van der Waals surface area contributed by atoms with Crippen LogP contribution >= 0.6 is 0 Å². The molecule has 0 aliphatic carbocycles. The lowest BCUT2D eigenvalue weighted by atomic mass is 10.1. The second-order valence-electron chi connectivity index (χ2n) is 3.53. The summed E-state index contributed by atoms with van der Waals surface area (Å²) in [5, 5.41) is 11.3. The molecule has 0 bridgehead atoms. The van der Waals surface area contributed by atoms with Gasteiger partial charge in [0, 0.05) is 6.04 Å². The Morgan fingerprint density at radius 2 is 2.31 bits per heavy atom. The Balaban J connectivity index is 2.40. The molecule has 0 fully saturated rings. The van der Waals surface area contributed by atoms with Gasteiger partial charge in [-0.25, -0.2) is 0 Å². The van der Waals surface area contributed by atoms with Crippen molar-refractivity contribution in [1.29, 1.82) is 0 Å². The number of hydrogen-bond donors (Lipinski definition) is 2. The third kappa shape index (κ3) is 4.16. The van der Waals surface area contributed by atoms with E-state index in [1.807, 2.05) is 6.92 Å². The summed E-state index contributed by atoms with van der Waals surface area (Å²) in [6, 6.07) is 3.09. The van der Waals surface area contributed by atoms with E-state index in [-0.39, 0.29) is 24.8 Å². The number of rotatable bonds is 6. The number of carboxylic acid groups (broad SMARTS) is 1. The Labute approximate surface area is 93.4 Å². The van der Waals surface area contributed by atoms with Gasteiger partial charge in [0.2, 0.25) is 5.91 Å². The minimum atomic E-state index is -0.912. The first-order chi connectivity index (χ1) is 7.61. The van der Waals surface area contributed by atoms with Gasteiger partial charge in [0.05, 0.1) is 19.1 Å². The first kappa shape index (κ1) is 12.3. The van der Waals surface area contributed by atoms with Crippen LogP contribution in [0.2, 0.25) is 0 Å². The normalized spacial score (nSPS) is 12.1. The molecule has 5 nitrogen and oxygen atoms in total. The van der Waals surface area contributed by atoms with Crippen molar-refractivity contribution >= 4 is 11.9 Å². The van der Waals surface area contributed by atoms with Crippen molar-refractivity contribution in [2.45, 2.75) is 32.2 Å². The summed E-state index contributed by atoms with van der Waals surface area (Å²) in [6.07, 6.45) is 2.18.